The number of oxazole rings is 1. The molecule has 1 fully saturated rings. The number of aliphatic carboxylic acids is 1. The van der Waals surface area contributed by atoms with Gasteiger partial charge in [-0.1, -0.05) is 30.3 Å². The first-order valence-corrected chi connectivity index (χ1v) is 8.42. The van der Waals surface area contributed by atoms with E-state index in [9.17, 15) is 14.7 Å². The molecule has 2 aromatic rings. The molecular formula is C19H22N2O4. The highest BCUT2D eigenvalue weighted by Gasteiger charge is 2.41. The van der Waals surface area contributed by atoms with Crippen molar-refractivity contribution in [2.24, 2.45) is 5.41 Å². The van der Waals surface area contributed by atoms with Crippen LogP contribution in [0.15, 0.2) is 34.7 Å². The number of carbonyl (C=O) groups is 2. The Morgan fingerprint density at radius 3 is 2.68 bits per heavy atom. The molecule has 1 N–H and O–H groups in total. The molecule has 1 saturated heterocycles. The Kier molecular flexibility index (Phi) is 4.61. The molecule has 6 heteroatoms. The van der Waals surface area contributed by atoms with Crippen molar-refractivity contribution in [1.29, 1.82) is 0 Å². The molecule has 0 unspecified atom stereocenters. The number of likely N-dealkylation sites (tertiary alicyclic amines) is 1. The van der Waals surface area contributed by atoms with E-state index in [-0.39, 0.29) is 18.9 Å². The highest BCUT2D eigenvalue weighted by molar-refractivity contribution is 5.80. The molecule has 132 valence electrons. The van der Waals surface area contributed by atoms with E-state index < -0.39 is 11.4 Å². The standard InChI is InChI=1S/C19H22N2O4/c1-13-17(14-6-4-3-5-7-14)25-15(20-13)8-9-16(22)21-11-10-19(2,12-21)18(23)24/h3-7H,8-12H2,1-2H3,(H,23,24)/t19-/m0/s1. The third-order valence-electron chi connectivity index (χ3n) is 4.77. The number of rotatable bonds is 5. The van der Waals surface area contributed by atoms with Gasteiger partial charge in [0.15, 0.2) is 11.7 Å². The van der Waals surface area contributed by atoms with Gasteiger partial charge in [-0.05, 0) is 20.3 Å². The van der Waals surface area contributed by atoms with Crippen molar-refractivity contribution in [3.05, 3.63) is 41.9 Å². The van der Waals surface area contributed by atoms with E-state index in [0.717, 1.165) is 17.0 Å². The second-order valence-corrected chi connectivity index (χ2v) is 6.82. The minimum Gasteiger partial charge on any atom is -0.481 e. The van der Waals surface area contributed by atoms with E-state index in [2.05, 4.69) is 4.98 Å². The van der Waals surface area contributed by atoms with Gasteiger partial charge in [0.05, 0.1) is 11.1 Å². The van der Waals surface area contributed by atoms with Gasteiger partial charge in [0.2, 0.25) is 5.91 Å². The van der Waals surface area contributed by atoms with Gasteiger partial charge >= 0.3 is 5.97 Å². The number of aryl methyl sites for hydroxylation is 2. The zero-order valence-corrected chi connectivity index (χ0v) is 14.5. The van der Waals surface area contributed by atoms with E-state index in [1.807, 2.05) is 37.3 Å². The number of hydrogen-bond acceptors (Lipinski definition) is 4. The van der Waals surface area contributed by atoms with Gasteiger partial charge < -0.3 is 14.4 Å². The molecule has 1 aromatic carbocycles. The third-order valence-corrected chi connectivity index (χ3v) is 4.77. The first-order chi connectivity index (χ1) is 11.9. The fourth-order valence-corrected chi connectivity index (χ4v) is 3.14. The summed E-state index contributed by atoms with van der Waals surface area (Å²) < 4.78 is 5.82. The lowest BCUT2D eigenvalue weighted by atomic mass is 9.90. The highest BCUT2D eigenvalue weighted by Crippen LogP contribution is 2.31. The van der Waals surface area contributed by atoms with Crippen molar-refractivity contribution in [3.8, 4) is 11.3 Å². The first-order valence-electron chi connectivity index (χ1n) is 8.42. The monoisotopic (exact) mass is 342 g/mol. The van der Waals surface area contributed by atoms with Crippen molar-refractivity contribution in [1.82, 2.24) is 9.88 Å². The summed E-state index contributed by atoms with van der Waals surface area (Å²) >= 11 is 0. The maximum Gasteiger partial charge on any atom is 0.311 e. The number of hydrogen-bond donors (Lipinski definition) is 1. The molecule has 1 aliphatic heterocycles. The molecule has 0 spiro atoms. The molecule has 6 nitrogen and oxygen atoms in total. The Labute approximate surface area is 146 Å². The summed E-state index contributed by atoms with van der Waals surface area (Å²) in [6, 6.07) is 9.73. The highest BCUT2D eigenvalue weighted by atomic mass is 16.4. The zero-order valence-electron chi connectivity index (χ0n) is 14.5. The van der Waals surface area contributed by atoms with Crippen molar-refractivity contribution in [2.45, 2.75) is 33.1 Å². The predicted octanol–water partition coefficient (Wildman–Crippen LogP) is 2.91. The Morgan fingerprint density at radius 2 is 2.04 bits per heavy atom. The average Bonchev–Trinajstić information content (AvgIpc) is 3.18. The molecule has 3 rings (SSSR count). The van der Waals surface area contributed by atoms with E-state index in [1.165, 1.54) is 0 Å². The summed E-state index contributed by atoms with van der Waals surface area (Å²) in [6.45, 7) is 4.32. The van der Waals surface area contributed by atoms with E-state index in [4.69, 9.17) is 4.42 Å². The van der Waals surface area contributed by atoms with Gasteiger partial charge in [0.25, 0.3) is 0 Å². The molecular weight excluding hydrogens is 320 g/mol. The number of nitrogens with zero attached hydrogens (tertiary/aromatic N) is 2. The quantitative estimate of drug-likeness (QED) is 0.903. The van der Waals surface area contributed by atoms with Crippen molar-refractivity contribution in [3.63, 3.8) is 0 Å². The van der Waals surface area contributed by atoms with E-state index >= 15 is 0 Å². The number of carboxylic acid groups (broad SMARTS) is 1. The van der Waals surface area contributed by atoms with Gasteiger partial charge in [0, 0.05) is 31.5 Å². The lowest BCUT2D eigenvalue weighted by Crippen LogP contribution is -2.34. The molecule has 0 radical (unpaired) electrons. The van der Waals surface area contributed by atoms with Gasteiger partial charge in [-0.25, -0.2) is 4.98 Å². The lowest BCUT2D eigenvalue weighted by molar-refractivity contribution is -0.147. The zero-order chi connectivity index (χ0) is 18.0. The maximum absolute atomic E-state index is 12.4. The van der Waals surface area contributed by atoms with Crippen LogP contribution in [-0.2, 0) is 16.0 Å². The molecule has 1 aromatic heterocycles. The van der Waals surface area contributed by atoms with Crippen LogP contribution in [0.4, 0.5) is 0 Å². The number of aromatic nitrogens is 1. The molecule has 0 bridgehead atoms. The van der Waals surface area contributed by atoms with Crippen molar-refractivity contribution in [2.75, 3.05) is 13.1 Å². The minimum atomic E-state index is -0.848. The smallest absolute Gasteiger partial charge is 0.311 e. The predicted molar refractivity (Wildman–Crippen MR) is 91.9 cm³/mol. The summed E-state index contributed by atoms with van der Waals surface area (Å²) in [5, 5.41) is 9.26. The Balaban J connectivity index is 1.61. The summed E-state index contributed by atoms with van der Waals surface area (Å²) in [4.78, 5) is 29.7. The van der Waals surface area contributed by atoms with Crippen molar-refractivity contribution < 1.29 is 19.1 Å². The van der Waals surface area contributed by atoms with Crippen LogP contribution in [0.3, 0.4) is 0 Å². The molecule has 0 aliphatic carbocycles. The molecule has 0 saturated carbocycles. The maximum atomic E-state index is 12.4. The Morgan fingerprint density at radius 1 is 1.32 bits per heavy atom. The van der Waals surface area contributed by atoms with Crippen LogP contribution in [-0.4, -0.2) is 40.0 Å². The van der Waals surface area contributed by atoms with E-state index in [0.29, 0.717) is 25.3 Å². The van der Waals surface area contributed by atoms with Crippen molar-refractivity contribution >= 4 is 11.9 Å². The van der Waals surface area contributed by atoms with Gasteiger partial charge in [-0.15, -0.1) is 0 Å². The number of benzene rings is 1. The minimum absolute atomic E-state index is 0.0536. The van der Waals surface area contributed by atoms with Gasteiger partial charge in [-0.2, -0.15) is 0 Å². The SMILES string of the molecule is Cc1nc(CCC(=O)N2CC[C@](C)(C(=O)O)C2)oc1-c1ccccc1. The number of carbonyl (C=O) groups excluding carboxylic acids is 1. The van der Waals surface area contributed by atoms with Crippen LogP contribution in [0.25, 0.3) is 11.3 Å². The summed E-state index contributed by atoms with van der Waals surface area (Å²) in [6.07, 6.45) is 1.17. The first kappa shape index (κ1) is 17.2. The van der Waals surface area contributed by atoms with Crippen LogP contribution >= 0.6 is 0 Å². The van der Waals surface area contributed by atoms with Gasteiger partial charge in [-0.3, -0.25) is 9.59 Å². The topological polar surface area (TPSA) is 83.6 Å². The molecule has 25 heavy (non-hydrogen) atoms. The molecule has 1 aliphatic rings. The van der Waals surface area contributed by atoms with Gasteiger partial charge in [0.1, 0.15) is 0 Å². The lowest BCUT2D eigenvalue weighted by Gasteiger charge is -2.19. The summed E-state index contributed by atoms with van der Waals surface area (Å²) in [5.41, 5.74) is 0.922. The second-order valence-electron chi connectivity index (χ2n) is 6.82. The molecule has 1 amide bonds. The molecule has 1 atom stereocenters. The summed E-state index contributed by atoms with van der Waals surface area (Å²) in [5.74, 6) is 0.355. The third kappa shape index (κ3) is 3.57. The fourth-order valence-electron chi connectivity index (χ4n) is 3.14. The average molecular weight is 342 g/mol. The van der Waals surface area contributed by atoms with E-state index in [1.54, 1.807) is 11.8 Å². The van der Waals surface area contributed by atoms with Crippen LogP contribution in [0.2, 0.25) is 0 Å². The summed E-state index contributed by atoms with van der Waals surface area (Å²) in [7, 11) is 0. The Bertz CT molecular complexity index is 784. The Hall–Kier alpha value is -2.63. The normalized spacial score (nSPS) is 20.0. The molecule has 2 heterocycles. The number of amides is 1. The number of carboxylic acids is 1. The second kappa shape index (κ2) is 6.70. The van der Waals surface area contributed by atoms with Crippen LogP contribution < -0.4 is 0 Å². The van der Waals surface area contributed by atoms with Crippen LogP contribution in [0.1, 0.15) is 31.4 Å². The fraction of sp³-hybridized carbons (Fsp3) is 0.421. The largest absolute Gasteiger partial charge is 0.481 e. The van der Waals surface area contributed by atoms with Crippen LogP contribution in [0.5, 0.6) is 0 Å². The van der Waals surface area contributed by atoms with Crippen LogP contribution in [0, 0.1) is 12.3 Å².